The van der Waals surface area contributed by atoms with Crippen molar-refractivity contribution in [3.8, 4) is 0 Å². The molecule has 1 heterocycles. The Labute approximate surface area is 168 Å². The van der Waals surface area contributed by atoms with E-state index in [2.05, 4.69) is 112 Å². The van der Waals surface area contributed by atoms with Crippen LogP contribution in [0.1, 0.15) is 52.7 Å². The Hall–Kier alpha value is -2.74. The molecule has 0 saturated heterocycles. The highest BCUT2D eigenvalue weighted by Crippen LogP contribution is 2.35. The second-order valence-electron chi connectivity index (χ2n) is 9.78. The largest absolute Gasteiger partial charge is 0.294 e. The predicted molar refractivity (Wildman–Crippen MR) is 122 cm³/mol. The zero-order chi connectivity index (χ0) is 20.1. The van der Waals surface area contributed by atoms with Crippen molar-refractivity contribution in [3.05, 3.63) is 77.9 Å². The van der Waals surface area contributed by atoms with Crippen molar-refractivity contribution < 1.29 is 0 Å². The average Bonchev–Trinajstić information content (AvgIpc) is 2.94. The second-order valence-corrected chi connectivity index (χ2v) is 9.78. The lowest BCUT2D eigenvalue weighted by atomic mass is 9.85. The highest BCUT2D eigenvalue weighted by molar-refractivity contribution is 6.09. The molecule has 0 atom stereocenters. The molecule has 28 heavy (non-hydrogen) atoms. The number of para-hydroxylation sites is 1. The minimum atomic E-state index is 0.122. The van der Waals surface area contributed by atoms with Crippen LogP contribution >= 0.6 is 0 Å². The van der Waals surface area contributed by atoms with Crippen LogP contribution in [0, 0.1) is 0 Å². The Balaban J connectivity index is 2.01. The van der Waals surface area contributed by atoms with Crippen LogP contribution in [-0.4, -0.2) is 4.68 Å². The molecule has 0 aliphatic carbocycles. The molecule has 0 unspecified atom stereocenters. The van der Waals surface area contributed by atoms with Gasteiger partial charge in [-0.1, -0.05) is 71.9 Å². The summed E-state index contributed by atoms with van der Waals surface area (Å²) in [5.41, 5.74) is 10.1. The number of nitrogens with one attached hydrogen (secondary N) is 1. The normalized spacial score (nSPS) is 12.6. The molecule has 3 aromatic carbocycles. The van der Waals surface area contributed by atoms with Crippen LogP contribution in [0.25, 0.3) is 21.8 Å². The maximum atomic E-state index is 3.60. The molecule has 2 nitrogen and oxygen atoms in total. The molecule has 4 aromatic rings. The highest BCUT2D eigenvalue weighted by Gasteiger charge is 2.20. The highest BCUT2D eigenvalue weighted by atomic mass is 15.4. The molecule has 4 rings (SSSR count). The first kappa shape index (κ1) is 18.6. The lowest BCUT2D eigenvalue weighted by Crippen LogP contribution is -2.11. The van der Waals surface area contributed by atoms with Crippen molar-refractivity contribution in [1.29, 1.82) is 0 Å². The summed E-state index contributed by atoms with van der Waals surface area (Å²) in [6.45, 7) is 13.6. The first-order chi connectivity index (χ1) is 13.1. The van der Waals surface area contributed by atoms with Crippen molar-refractivity contribution in [2.75, 3.05) is 5.43 Å². The summed E-state index contributed by atoms with van der Waals surface area (Å²) in [6.07, 6.45) is 0. The summed E-state index contributed by atoms with van der Waals surface area (Å²) in [5, 5.41) is 2.61. The van der Waals surface area contributed by atoms with Crippen molar-refractivity contribution in [3.63, 3.8) is 0 Å². The van der Waals surface area contributed by atoms with Crippen molar-refractivity contribution >= 4 is 27.5 Å². The van der Waals surface area contributed by atoms with E-state index in [-0.39, 0.29) is 10.8 Å². The van der Waals surface area contributed by atoms with Gasteiger partial charge in [-0.05, 0) is 58.4 Å². The zero-order valence-corrected chi connectivity index (χ0v) is 17.8. The van der Waals surface area contributed by atoms with Crippen LogP contribution in [0.4, 0.5) is 5.69 Å². The molecule has 0 fully saturated rings. The summed E-state index contributed by atoms with van der Waals surface area (Å²) in [4.78, 5) is 0. The van der Waals surface area contributed by atoms with E-state index in [0.29, 0.717) is 0 Å². The fourth-order valence-corrected chi connectivity index (χ4v) is 3.72. The van der Waals surface area contributed by atoms with Crippen molar-refractivity contribution in [2.45, 2.75) is 52.4 Å². The molecular formula is C26H30N2. The van der Waals surface area contributed by atoms with Crippen molar-refractivity contribution in [2.24, 2.45) is 0 Å². The van der Waals surface area contributed by atoms with Crippen LogP contribution in [0.3, 0.4) is 0 Å². The monoisotopic (exact) mass is 370 g/mol. The molecule has 1 aromatic heterocycles. The van der Waals surface area contributed by atoms with E-state index in [4.69, 9.17) is 0 Å². The third kappa shape index (κ3) is 3.28. The average molecular weight is 371 g/mol. The van der Waals surface area contributed by atoms with Crippen LogP contribution < -0.4 is 5.43 Å². The number of aromatic nitrogens is 1. The molecule has 0 radical (unpaired) electrons. The Bertz CT molecular complexity index is 1070. The number of nitrogens with zero attached hydrogens (tertiary/aromatic N) is 1. The predicted octanol–water partition coefficient (Wildman–Crippen LogP) is 7.26. The number of hydrogen-bond donors (Lipinski definition) is 1. The molecular weight excluding hydrogens is 340 g/mol. The minimum Gasteiger partial charge on any atom is -0.294 e. The van der Waals surface area contributed by atoms with E-state index in [1.54, 1.807) is 0 Å². The third-order valence-electron chi connectivity index (χ3n) is 5.51. The maximum absolute atomic E-state index is 3.60. The summed E-state index contributed by atoms with van der Waals surface area (Å²) in [6, 6.07) is 24.1. The Morgan fingerprint density at radius 2 is 1.07 bits per heavy atom. The summed E-state index contributed by atoms with van der Waals surface area (Å²) >= 11 is 0. The molecule has 0 aliphatic rings. The SMILES string of the molecule is CC(C)(C)c1ccc2c(c1)c1cc(C(C)(C)C)ccc1n2Nc1ccccc1. The number of rotatable bonds is 2. The van der Waals surface area contributed by atoms with Gasteiger partial charge in [-0.2, -0.15) is 0 Å². The molecule has 0 bridgehead atoms. The molecule has 0 spiro atoms. The quantitative estimate of drug-likeness (QED) is 0.393. The van der Waals surface area contributed by atoms with Gasteiger partial charge in [-0.15, -0.1) is 0 Å². The van der Waals surface area contributed by atoms with Gasteiger partial charge in [0, 0.05) is 10.8 Å². The lowest BCUT2D eigenvalue weighted by molar-refractivity contribution is 0.590. The van der Waals surface area contributed by atoms with E-state index in [0.717, 1.165) is 5.69 Å². The van der Waals surface area contributed by atoms with Gasteiger partial charge >= 0.3 is 0 Å². The minimum absolute atomic E-state index is 0.122. The van der Waals surface area contributed by atoms with Crippen molar-refractivity contribution in [1.82, 2.24) is 4.68 Å². The summed E-state index contributed by atoms with van der Waals surface area (Å²) in [5.74, 6) is 0. The molecule has 0 amide bonds. The standard InChI is InChI=1S/C26H30N2/c1-25(2,3)18-12-14-23-21(16-18)22-17-19(26(4,5)6)13-15-24(22)28(23)27-20-10-8-7-9-11-20/h7-17,27H,1-6H3. The smallest absolute Gasteiger partial charge is 0.0710 e. The van der Waals surface area contributed by atoms with Gasteiger partial charge in [-0.3, -0.25) is 10.1 Å². The van der Waals surface area contributed by atoms with Gasteiger partial charge in [0.2, 0.25) is 0 Å². The first-order valence-corrected chi connectivity index (χ1v) is 10.1. The van der Waals surface area contributed by atoms with Gasteiger partial charge in [0.25, 0.3) is 0 Å². The number of benzene rings is 3. The van der Waals surface area contributed by atoms with Crippen LogP contribution in [0.15, 0.2) is 66.7 Å². The van der Waals surface area contributed by atoms with E-state index in [1.807, 2.05) is 6.07 Å². The number of fused-ring (bicyclic) bond motifs is 3. The summed E-state index contributed by atoms with van der Waals surface area (Å²) in [7, 11) is 0. The first-order valence-electron chi connectivity index (χ1n) is 10.1. The molecule has 2 heteroatoms. The molecule has 0 saturated carbocycles. The van der Waals surface area contributed by atoms with Gasteiger partial charge < -0.3 is 0 Å². The van der Waals surface area contributed by atoms with Gasteiger partial charge in [0.05, 0.1) is 16.7 Å². The van der Waals surface area contributed by atoms with Gasteiger partial charge in [0.15, 0.2) is 0 Å². The Morgan fingerprint density at radius 1 is 0.607 bits per heavy atom. The van der Waals surface area contributed by atoms with Crippen LogP contribution in [0.5, 0.6) is 0 Å². The summed E-state index contributed by atoms with van der Waals surface area (Å²) < 4.78 is 2.22. The van der Waals surface area contributed by atoms with E-state index in [1.165, 1.54) is 32.9 Å². The fourth-order valence-electron chi connectivity index (χ4n) is 3.72. The number of hydrogen-bond acceptors (Lipinski definition) is 1. The lowest BCUT2D eigenvalue weighted by Gasteiger charge is -2.19. The Morgan fingerprint density at radius 3 is 1.50 bits per heavy atom. The molecule has 1 N–H and O–H groups in total. The topological polar surface area (TPSA) is 17.0 Å². The van der Waals surface area contributed by atoms with Crippen LogP contribution in [-0.2, 0) is 10.8 Å². The van der Waals surface area contributed by atoms with E-state index >= 15 is 0 Å². The van der Waals surface area contributed by atoms with Gasteiger partial charge in [-0.25, -0.2) is 0 Å². The molecule has 144 valence electrons. The second kappa shape index (κ2) is 6.41. The zero-order valence-electron chi connectivity index (χ0n) is 17.8. The van der Waals surface area contributed by atoms with Crippen LogP contribution in [0.2, 0.25) is 0 Å². The fraction of sp³-hybridized carbons (Fsp3) is 0.308. The third-order valence-corrected chi connectivity index (χ3v) is 5.51. The molecule has 0 aliphatic heterocycles. The Kier molecular flexibility index (Phi) is 4.26. The van der Waals surface area contributed by atoms with Gasteiger partial charge in [0.1, 0.15) is 0 Å². The van der Waals surface area contributed by atoms with E-state index in [9.17, 15) is 0 Å². The number of anilines is 1. The van der Waals surface area contributed by atoms with E-state index < -0.39 is 0 Å². The maximum Gasteiger partial charge on any atom is 0.0710 e.